The van der Waals surface area contributed by atoms with Gasteiger partial charge >= 0.3 is 0 Å². The van der Waals surface area contributed by atoms with Crippen LogP contribution in [0.2, 0.25) is 0 Å². The standard InChI is InChI=1S/C47H65N5O6/c1-28-38-23-34(47(38,3)4)24-39(28)48-45(55)43-42(29(2)54)41(27-53)58-51(43)25-31-16-13-17-37(44(31)57-9)32-20-33(22-36(21-32)50(7)8)46(56)52-35(26-49(5)6)18-19-40(52)30-14-11-10-12-15-30/h10-17,20-22,28-29,34-35,38-43,53-54H,18-19,23-27H2,1-9H3,(H,48,55)/t28-,29-,34+,35-,38+,39-,40+,41-,42+,43-/m0/s1. The second kappa shape index (κ2) is 16.9. The number of benzene rings is 3. The number of anilines is 1. The number of hydroxylamine groups is 2. The molecule has 3 N–H and O–H groups in total. The summed E-state index contributed by atoms with van der Waals surface area (Å²) < 4.78 is 6.18. The minimum Gasteiger partial charge on any atom is -0.496 e. The minimum atomic E-state index is -0.901. The Morgan fingerprint density at radius 3 is 2.38 bits per heavy atom. The lowest BCUT2D eigenvalue weighted by Crippen LogP contribution is -2.62. The zero-order valence-electron chi connectivity index (χ0n) is 35.9. The number of ether oxygens (including phenoxy) is 1. The maximum absolute atomic E-state index is 14.8. The highest BCUT2D eigenvalue weighted by atomic mass is 16.7. The van der Waals surface area contributed by atoms with E-state index in [1.807, 2.05) is 67.5 Å². The zero-order chi connectivity index (χ0) is 41.6. The Hall–Kier alpha value is -4.00. The van der Waals surface area contributed by atoms with E-state index in [1.54, 1.807) is 19.1 Å². The Morgan fingerprint density at radius 2 is 1.76 bits per heavy atom. The van der Waals surface area contributed by atoms with Crippen LogP contribution < -0.4 is 15.0 Å². The summed E-state index contributed by atoms with van der Waals surface area (Å²) in [6.45, 7) is 9.20. The summed E-state index contributed by atoms with van der Waals surface area (Å²) in [5, 5.41) is 26.5. The number of carbonyl (C=O) groups excluding carboxylic acids is 2. The molecule has 2 heterocycles. The smallest absolute Gasteiger partial charge is 0.254 e. The Balaban J connectivity index is 1.21. The molecule has 314 valence electrons. The lowest BCUT2D eigenvalue weighted by Gasteiger charge is -2.62. The van der Waals surface area contributed by atoms with Crippen molar-refractivity contribution < 1.29 is 29.4 Å². The summed E-state index contributed by atoms with van der Waals surface area (Å²) >= 11 is 0. The third-order valence-corrected chi connectivity index (χ3v) is 14.2. The van der Waals surface area contributed by atoms with Gasteiger partial charge in [-0.05, 0) is 99.2 Å². The van der Waals surface area contributed by atoms with E-state index in [9.17, 15) is 19.8 Å². The predicted octanol–water partition coefficient (Wildman–Crippen LogP) is 6.00. The number of nitrogens with one attached hydrogen (secondary N) is 1. The molecule has 0 radical (unpaired) electrons. The quantitative estimate of drug-likeness (QED) is 0.192. The summed E-state index contributed by atoms with van der Waals surface area (Å²) in [5.74, 6) is 1.20. The topological polar surface area (TPSA) is 118 Å². The molecule has 11 nitrogen and oxygen atoms in total. The van der Waals surface area contributed by atoms with E-state index >= 15 is 0 Å². The first-order valence-corrected chi connectivity index (χ1v) is 21.2. The number of methoxy groups -OCH3 is 1. The lowest BCUT2D eigenvalue weighted by atomic mass is 9.45. The van der Waals surface area contributed by atoms with Gasteiger partial charge in [0.15, 0.2) is 0 Å². The van der Waals surface area contributed by atoms with Crippen molar-refractivity contribution >= 4 is 17.5 Å². The number of para-hydroxylation sites is 1. The maximum atomic E-state index is 14.8. The highest BCUT2D eigenvalue weighted by Gasteiger charge is 2.57. The van der Waals surface area contributed by atoms with Crippen LogP contribution in [0.15, 0.2) is 66.7 Å². The van der Waals surface area contributed by atoms with E-state index in [2.05, 4.69) is 68.2 Å². The molecule has 5 aliphatic rings. The largest absolute Gasteiger partial charge is 0.496 e. The molecule has 2 saturated heterocycles. The van der Waals surface area contributed by atoms with Crippen molar-refractivity contribution in [2.45, 2.75) is 96.3 Å². The number of rotatable bonds is 13. The number of likely N-dealkylation sites (N-methyl/N-ethyl adjacent to an activating group) is 1. The van der Waals surface area contributed by atoms with Gasteiger partial charge in [0, 0.05) is 61.0 Å². The van der Waals surface area contributed by atoms with Crippen molar-refractivity contribution in [1.82, 2.24) is 20.2 Å². The van der Waals surface area contributed by atoms with E-state index in [0.717, 1.165) is 53.7 Å². The van der Waals surface area contributed by atoms with Gasteiger partial charge < -0.3 is 35.0 Å². The first-order chi connectivity index (χ1) is 27.6. The van der Waals surface area contributed by atoms with Gasteiger partial charge in [-0.2, -0.15) is 5.06 Å². The van der Waals surface area contributed by atoms with Crippen molar-refractivity contribution in [3.63, 3.8) is 0 Å². The molecule has 0 spiro atoms. The van der Waals surface area contributed by atoms with Crippen LogP contribution in [-0.4, -0.2) is 116 Å². The molecule has 3 aromatic rings. The molecule has 11 heteroatoms. The first-order valence-electron chi connectivity index (χ1n) is 21.2. The maximum Gasteiger partial charge on any atom is 0.254 e. The van der Waals surface area contributed by atoms with Crippen LogP contribution in [0.5, 0.6) is 5.75 Å². The molecule has 10 atom stereocenters. The highest BCUT2D eigenvalue weighted by Crippen LogP contribution is 2.61. The van der Waals surface area contributed by atoms with Crippen molar-refractivity contribution in [3.05, 3.63) is 83.4 Å². The second-order valence-electron chi connectivity index (χ2n) is 18.5. The van der Waals surface area contributed by atoms with Gasteiger partial charge in [0.1, 0.15) is 17.9 Å². The fourth-order valence-corrected chi connectivity index (χ4v) is 10.9. The van der Waals surface area contributed by atoms with Crippen LogP contribution in [0.25, 0.3) is 11.1 Å². The van der Waals surface area contributed by atoms with Gasteiger partial charge in [-0.25, -0.2) is 0 Å². The Kier molecular flexibility index (Phi) is 12.3. The summed E-state index contributed by atoms with van der Waals surface area (Å²) in [6, 6.07) is 21.5. The number of aliphatic hydroxyl groups excluding tert-OH is 2. The number of nitrogens with zero attached hydrogens (tertiary/aromatic N) is 4. The van der Waals surface area contributed by atoms with Crippen LogP contribution in [0.3, 0.4) is 0 Å². The molecular formula is C47H65N5O6. The molecular weight excluding hydrogens is 731 g/mol. The first kappa shape index (κ1) is 42.1. The van der Waals surface area contributed by atoms with Crippen molar-refractivity contribution in [1.29, 1.82) is 0 Å². The molecule has 3 aliphatic carbocycles. The number of hydrogen-bond donors (Lipinski definition) is 3. The lowest BCUT2D eigenvalue weighted by molar-refractivity contribution is -0.183. The van der Waals surface area contributed by atoms with Gasteiger partial charge in [-0.15, -0.1) is 0 Å². The Morgan fingerprint density at radius 1 is 1.02 bits per heavy atom. The molecule has 0 aromatic heterocycles. The minimum absolute atomic E-state index is 0.00930. The fourth-order valence-electron chi connectivity index (χ4n) is 10.9. The molecule has 3 aromatic carbocycles. The van der Waals surface area contributed by atoms with E-state index in [-0.39, 0.29) is 48.5 Å². The third kappa shape index (κ3) is 7.88. The molecule has 58 heavy (non-hydrogen) atoms. The van der Waals surface area contributed by atoms with Gasteiger partial charge in [-0.1, -0.05) is 69.3 Å². The van der Waals surface area contributed by atoms with E-state index in [4.69, 9.17) is 9.57 Å². The van der Waals surface area contributed by atoms with Gasteiger partial charge in [0.25, 0.3) is 5.91 Å². The molecule has 8 rings (SSSR count). The molecule has 2 amide bonds. The van der Waals surface area contributed by atoms with Crippen LogP contribution in [-0.2, 0) is 16.2 Å². The van der Waals surface area contributed by atoms with Gasteiger partial charge in [0.2, 0.25) is 5.91 Å². The zero-order valence-corrected chi connectivity index (χ0v) is 35.9. The van der Waals surface area contributed by atoms with E-state index in [0.29, 0.717) is 29.1 Å². The SMILES string of the molecule is COc1c(CN2O[C@@H](CO)[C@@H]([C@H](C)O)[C@H]2C(=O)N[C@H]2C[C@H]3C[C@H]([C@@H]2C)C3(C)C)cccc1-c1cc(C(=O)N2[C@H](CN(C)C)CC[C@@H]2c2ccccc2)cc(N(C)C)c1. The Labute approximate surface area is 345 Å². The second-order valence-corrected chi connectivity index (χ2v) is 18.5. The van der Waals surface area contributed by atoms with Crippen LogP contribution in [0.1, 0.15) is 80.9 Å². The third-order valence-electron chi connectivity index (χ3n) is 14.2. The van der Waals surface area contributed by atoms with Crippen molar-refractivity contribution in [3.8, 4) is 16.9 Å². The summed E-state index contributed by atoms with van der Waals surface area (Å²) in [5.41, 5.74) is 5.30. The molecule has 0 unspecified atom stereocenters. The average molecular weight is 796 g/mol. The summed E-state index contributed by atoms with van der Waals surface area (Å²) in [4.78, 5) is 41.8. The molecule has 3 saturated carbocycles. The molecule has 5 fully saturated rings. The highest BCUT2D eigenvalue weighted by molar-refractivity contribution is 5.98. The average Bonchev–Trinajstić information content (AvgIpc) is 3.79. The number of amides is 2. The number of aliphatic hydroxyl groups is 2. The monoisotopic (exact) mass is 795 g/mol. The number of fused-ring (bicyclic) bond motifs is 2. The number of likely N-dealkylation sites (tertiary alicyclic amines) is 1. The normalized spacial score (nSPS) is 29.6. The van der Waals surface area contributed by atoms with Crippen molar-refractivity contribution in [2.75, 3.05) is 53.4 Å². The van der Waals surface area contributed by atoms with Crippen LogP contribution >= 0.6 is 0 Å². The number of hydrogen-bond acceptors (Lipinski definition) is 9. The van der Waals surface area contributed by atoms with Crippen molar-refractivity contribution in [2.24, 2.45) is 29.1 Å². The number of carbonyl (C=O) groups is 2. The fraction of sp³-hybridized carbons (Fsp3) is 0.574. The van der Waals surface area contributed by atoms with E-state index in [1.165, 1.54) is 6.42 Å². The summed E-state index contributed by atoms with van der Waals surface area (Å²) in [7, 11) is 9.69. The van der Waals surface area contributed by atoms with Crippen LogP contribution in [0.4, 0.5) is 5.69 Å². The van der Waals surface area contributed by atoms with Gasteiger partial charge in [-0.3, -0.25) is 14.4 Å². The molecule has 2 aliphatic heterocycles. The van der Waals surface area contributed by atoms with Gasteiger partial charge in [0.05, 0.1) is 32.4 Å². The molecule has 2 bridgehead atoms. The predicted molar refractivity (Wildman–Crippen MR) is 227 cm³/mol. The Bertz CT molecular complexity index is 1940. The summed E-state index contributed by atoms with van der Waals surface area (Å²) in [6.07, 6.45) is 2.29. The van der Waals surface area contributed by atoms with Crippen LogP contribution in [0, 0.1) is 29.1 Å². The van der Waals surface area contributed by atoms with E-state index < -0.39 is 24.2 Å².